The van der Waals surface area contributed by atoms with Crippen LogP contribution in [0.4, 0.5) is 0 Å². The van der Waals surface area contributed by atoms with Crippen LogP contribution in [0.1, 0.15) is 64.2 Å². The minimum Gasteiger partial charge on any atom is -0.252 e. The average Bonchev–Trinajstić information content (AvgIpc) is 2.23. The normalized spacial score (nSPS) is 27.2. The Labute approximate surface area is 94.4 Å². The van der Waals surface area contributed by atoms with Crippen molar-refractivity contribution in [3.05, 3.63) is 0 Å². The Kier molecular flexibility index (Phi) is 4.94. The lowest BCUT2D eigenvalue weighted by molar-refractivity contribution is 0.118. The molecule has 0 radical (unpaired) electrons. The van der Waals surface area contributed by atoms with E-state index in [4.69, 9.17) is 0 Å². The van der Waals surface area contributed by atoms with Crippen molar-refractivity contribution in [2.75, 3.05) is 13.1 Å². The van der Waals surface area contributed by atoms with Gasteiger partial charge in [0.15, 0.2) is 0 Å². The molecular weight excluding hydrogens is 184 g/mol. The molecule has 0 bridgehead atoms. The van der Waals surface area contributed by atoms with Crippen LogP contribution in [-0.4, -0.2) is 24.1 Å². The van der Waals surface area contributed by atoms with Gasteiger partial charge in [0.25, 0.3) is 0 Å². The first-order chi connectivity index (χ1) is 7.45. The van der Waals surface area contributed by atoms with Crippen LogP contribution < -0.4 is 5.43 Å². The Morgan fingerprint density at radius 3 is 1.87 bits per heavy atom. The summed E-state index contributed by atoms with van der Waals surface area (Å²) in [6.45, 7) is 2.55. The van der Waals surface area contributed by atoms with Crippen molar-refractivity contribution < 1.29 is 0 Å². The number of nitrogens with zero attached hydrogens (tertiary/aromatic N) is 1. The van der Waals surface area contributed by atoms with Gasteiger partial charge in [-0.3, -0.25) is 5.43 Å². The number of piperidine rings is 1. The second kappa shape index (κ2) is 6.49. The summed E-state index contributed by atoms with van der Waals surface area (Å²) in [7, 11) is 0. The van der Waals surface area contributed by atoms with Gasteiger partial charge in [0.1, 0.15) is 0 Å². The van der Waals surface area contributed by atoms with E-state index in [2.05, 4.69) is 10.4 Å². The molecule has 2 rings (SSSR count). The molecule has 2 fully saturated rings. The van der Waals surface area contributed by atoms with Crippen LogP contribution >= 0.6 is 0 Å². The maximum atomic E-state index is 3.76. The highest BCUT2D eigenvalue weighted by molar-refractivity contribution is 4.70. The van der Waals surface area contributed by atoms with Crippen LogP contribution in [0.2, 0.25) is 0 Å². The van der Waals surface area contributed by atoms with Gasteiger partial charge < -0.3 is 0 Å². The third-order valence-corrected chi connectivity index (χ3v) is 3.83. The largest absolute Gasteiger partial charge is 0.252 e. The minimum absolute atomic E-state index is 0.781. The van der Waals surface area contributed by atoms with Crippen LogP contribution in [-0.2, 0) is 0 Å². The van der Waals surface area contributed by atoms with Gasteiger partial charge in [-0.1, -0.05) is 38.5 Å². The molecule has 1 heterocycles. The smallest absolute Gasteiger partial charge is 0.0215 e. The summed E-state index contributed by atoms with van der Waals surface area (Å²) in [5.74, 6) is 0. The summed E-state index contributed by atoms with van der Waals surface area (Å²) in [6, 6.07) is 0.781. The monoisotopic (exact) mass is 210 g/mol. The summed E-state index contributed by atoms with van der Waals surface area (Å²) >= 11 is 0. The maximum Gasteiger partial charge on any atom is 0.0215 e. The molecule has 88 valence electrons. The zero-order valence-corrected chi connectivity index (χ0v) is 10.0. The van der Waals surface area contributed by atoms with Crippen LogP contribution in [0.5, 0.6) is 0 Å². The summed E-state index contributed by atoms with van der Waals surface area (Å²) < 4.78 is 0. The molecule has 15 heavy (non-hydrogen) atoms. The average molecular weight is 210 g/mol. The van der Waals surface area contributed by atoms with Gasteiger partial charge in [0, 0.05) is 19.1 Å². The lowest BCUT2D eigenvalue weighted by atomic mass is 9.97. The van der Waals surface area contributed by atoms with Gasteiger partial charge in [-0.25, -0.2) is 5.01 Å². The van der Waals surface area contributed by atoms with Gasteiger partial charge in [0.2, 0.25) is 0 Å². The van der Waals surface area contributed by atoms with Crippen LogP contribution in [0.25, 0.3) is 0 Å². The van der Waals surface area contributed by atoms with Gasteiger partial charge in [-0.05, 0) is 25.7 Å². The molecular formula is C13H26N2. The van der Waals surface area contributed by atoms with Crippen molar-refractivity contribution in [2.24, 2.45) is 0 Å². The fourth-order valence-electron chi connectivity index (χ4n) is 2.87. The van der Waals surface area contributed by atoms with E-state index in [1.807, 2.05) is 0 Å². The molecule has 1 saturated heterocycles. The first kappa shape index (κ1) is 11.4. The highest BCUT2D eigenvalue weighted by atomic mass is 15.5. The molecule has 0 unspecified atom stereocenters. The number of hydrazine groups is 1. The zero-order valence-electron chi connectivity index (χ0n) is 10.0. The second-order valence-electron chi connectivity index (χ2n) is 5.22. The Bertz CT molecular complexity index is 156. The molecule has 1 aliphatic heterocycles. The highest BCUT2D eigenvalue weighted by Gasteiger charge is 2.16. The van der Waals surface area contributed by atoms with Gasteiger partial charge in [-0.2, -0.15) is 0 Å². The molecule has 0 atom stereocenters. The molecule has 0 spiro atoms. The first-order valence-electron chi connectivity index (χ1n) is 6.96. The van der Waals surface area contributed by atoms with E-state index in [-0.39, 0.29) is 0 Å². The highest BCUT2D eigenvalue weighted by Crippen LogP contribution is 2.18. The van der Waals surface area contributed by atoms with Crippen molar-refractivity contribution in [1.82, 2.24) is 10.4 Å². The quantitative estimate of drug-likeness (QED) is 0.753. The first-order valence-corrected chi connectivity index (χ1v) is 6.96. The van der Waals surface area contributed by atoms with E-state index in [0.29, 0.717) is 0 Å². The second-order valence-corrected chi connectivity index (χ2v) is 5.22. The van der Waals surface area contributed by atoms with E-state index < -0.39 is 0 Å². The zero-order chi connectivity index (χ0) is 10.3. The van der Waals surface area contributed by atoms with Crippen LogP contribution in [0.3, 0.4) is 0 Å². The summed E-state index contributed by atoms with van der Waals surface area (Å²) in [5.41, 5.74) is 3.76. The lowest BCUT2D eigenvalue weighted by Gasteiger charge is -2.32. The molecule has 1 aliphatic carbocycles. The SMILES string of the molecule is C1CCCC(NN2CCCCC2)CCC1. The fourth-order valence-corrected chi connectivity index (χ4v) is 2.87. The van der Waals surface area contributed by atoms with Crippen molar-refractivity contribution in [3.8, 4) is 0 Å². The molecule has 0 aromatic carbocycles. The Balaban J connectivity index is 1.70. The minimum atomic E-state index is 0.781. The molecule has 1 saturated carbocycles. The maximum absolute atomic E-state index is 3.76. The Morgan fingerprint density at radius 2 is 1.20 bits per heavy atom. The predicted molar refractivity (Wildman–Crippen MR) is 64.7 cm³/mol. The lowest BCUT2D eigenvalue weighted by Crippen LogP contribution is -2.47. The third kappa shape index (κ3) is 4.12. The Morgan fingerprint density at radius 1 is 0.667 bits per heavy atom. The van der Waals surface area contributed by atoms with Crippen molar-refractivity contribution in [1.29, 1.82) is 0 Å². The molecule has 0 aromatic rings. The number of hydrogen-bond acceptors (Lipinski definition) is 2. The van der Waals surface area contributed by atoms with Crippen molar-refractivity contribution >= 4 is 0 Å². The van der Waals surface area contributed by atoms with Crippen LogP contribution in [0, 0.1) is 0 Å². The van der Waals surface area contributed by atoms with Gasteiger partial charge in [0.05, 0.1) is 0 Å². The molecule has 0 aromatic heterocycles. The van der Waals surface area contributed by atoms with E-state index in [1.165, 1.54) is 77.3 Å². The molecule has 1 N–H and O–H groups in total. The predicted octanol–water partition coefficient (Wildman–Crippen LogP) is 3.09. The topological polar surface area (TPSA) is 15.3 Å². The van der Waals surface area contributed by atoms with Crippen LogP contribution in [0.15, 0.2) is 0 Å². The third-order valence-electron chi connectivity index (χ3n) is 3.83. The molecule has 2 heteroatoms. The number of hydrogen-bond donors (Lipinski definition) is 1. The summed E-state index contributed by atoms with van der Waals surface area (Å²) in [5, 5.41) is 2.48. The van der Waals surface area contributed by atoms with Gasteiger partial charge in [-0.15, -0.1) is 0 Å². The Hall–Kier alpha value is -0.0800. The van der Waals surface area contributed by atoms with E-state index >= 15 is 0 Å². The van der Waals surface area contributed by atoms with Gasteiger partial charge >= 0.3 is 0 Å². The van der Waals surface area contributed by atoms with E-state index in [0.717, 1.165) is 6.04 Å². The number of rotatable bonds is 2. The van der Waals surface area contributed by atoms with E-state index in [1.54, 1.807) is 0 Å². The summed E-state index contributed by atoms with van der Waals surface area (Å²) in [6.07, 6.45) is 14.3. The fraction of sp³-hybridized carbons (Fsp3) is 1.00. The molecule has 2 aliphatic rings. The molecule has 2 nitrogen and oxygen atoms in total. The number of nitrogens with one attached hydrogen (secondary N) is 1. The van der Waals surface area contributed by atoms with Crippen molar-refractivity contribution in [3.63, 3.8) is 0 Å². The van der Waals surface area contributed by atoms with Crippen molar-refractivity contribution in [2.45, 2.75) is 70.3 Å². The standard InChI is InChI=1S/C13H26N2/c1-2-5-9-13(10-6-3-1)14-15-11-7-4-8-12-15/h13-14H,1-12H2. The molecule has 0 amide bonds. The van der Waals surface area contributed by atoms with E-state index in [9.17, 15) is 0 Å². The summed E-state index contributed by atoms with van der Waals surface area (Å²) in [4.78, 5) is 0.